The molecule has 0 aromatic heterocycles. The predicted octanol–water partition coefficient (Wildman–Crippen LogP) is 2.45. The number of carbonyl (C=O) groups is 2. The van der Waals surface area contributed by atoms with Crippen molar-refractivity contribution in [2.24, 2.45) is 11.8 Å². The molecule has 1 fully saturated rings. The van der Waals surface area contributed by atoms with Crippen LogP contribution in [0.15, 0.2) is 42.5 Å². The van der Waals surface area contributed by atoms with E-state index in [9.17, 15) is 24.2 Å². The van der Waals surface area contributed by atoms with E-state index in [4.69, 9.17) is 4.74 Å². The number of amides is 1. The number of aromatic hydroxyl groups is 1. The molecular weight excluding hydrogens is 439 g/mol. The van der Waals surface area contributed by atoms with Gasteiger partial charge >= 0.3 is 0 Å². The van der Waals surface area contributed by atoms with Gasteiger partial charge in [-0.05, 0) is 36.2 Å². The summed E-state index contributed by atoms with van der Waals surface area (Å²) in [5.41, 5.74) is 1.38. The minimum Gasteiger partial charge on any atom is -0.508 e. The number of likely N-dealkylation sites (tertiary alicyclic amines) is 1. The number of hydrogen-bond acceptors (Lipinski definition) is 6. The van der Waals surface area contributed by atoms with Crippen molar-refractivity contribution in [3.63, 3.8) is 0 Å². The van der Waals surface area contributed by atoms with Gasteiger partial charge in [-0.15, -0.1) is 0 Å². The van der Waals surface area contributed by atoms with Gasteiger partial charge in [0.1, 0.15) is 11.6 Å². The number of aliphatic hydroxyl groups excluding tert-OH is 1. The molecule has 34 heavy (non-hydrogen) atoms. The summed E-state index contributed by atoms with van der Waals surface area (Å²) < 4.78 is 19.8. The van der Waals surface area contributed by atoms with Crippen molar-refractivity contribution in [1.29, 1.82) is 0 Å². The summed E-state index contributed by atoms with van der Waals surface area (Å²) in [6, 6.07) is 10.9. The highest BCUT2D eigenvalue weighted by atomic mass is 19.1. The fourth-order valence-electron chi connectivity index (χ4n) is 4.85. The van der Waals surface area contributed by atoms with Gasteiger partial charge in [-0.25, -0.2) is 4.39 Å². The van der Waals surface area contributed by atoms with Crippen LogP contribution in [0.1, 0.15) is 27.4 Å². The number of phenolic OH excluding ortho intramolecular Hbond substituents is 1. The minimum atomic E-state index is -0.649. The third kappa shape index (κ3) is 5.63. The van der Waals surface area contributed by atoms with Gasteiger partial charge in [-0.3, -0.25) is 14.5 Å². The van der Waals surface area contributed by atoms with Gasteiger partial charge in [0.2, 0.25) is 5.91 Å². The number of likely N-dealkylation sites (N-methyl/N-ethyl adjacent to an activating group) is 1. The Bertz CT molecular complexity index is 1010. The van der Waals surface area contributed by atoms with Crippen molar-refractivity contribution in [2.45, 2.75) is 12.8 Å². The number of nitrogens with zero attached hydrogens (tertiary/aromatic N) is 2. The standard InChI is InChI=1S/C26H33FN2O5/c1-17-20(8-5-9-23(17)27)24-21(25(32)18-6-4-7-19(31)14-18)15-29(11-13-34-3)16-22(24)26(33)28(2)10-12-30/h4-9,14,21-22,24,30-31H,10-13,15-16H2,1-3H3/t21-,22+,24+/m0/s1. The Labute approximate surface area is 199 Å². The number of halogens is 1. The van der Waals surface area contributed by atoms with Crippen LogP contribution in [0.2, 0.25) is 0 Å². The molecule has 2 aromatic rings. The van der Waals surface area contributed by atoms with E-state index in [0.29, 0.717) is 42.9 Å². The average molecular weight is 473 g/mol. The van der Waals surface area contributed by atoms with E-state index in [1.54, 1.807) is 45.3 Å². The van der Waals surface area contributed by atoms with Crippen LogP contribution in [0.5, 0.6) is 5.75 Å². The molecule has 1 aliphatic rings. The molecule has 2 N–H and O–H groups in total. The third-order valence-corrected chi connectivity index (χ3v) is 6.65. The fourth-order valence-corrected chi connectivity index (χ4v) is 4.85. The molecule has 0 aliphatic carbocycles. The predicted molar refractivity (Wildman–Crippen MR) is 126 cm³/mol. The molecule has 0 saturated carbocycles. The van der Waals surface area contributed by atoms with Crippen molar-refractivity contribution >= 4 is 11.7 Å². The summed E-state index contributed by atoms with van der Waals surface area (Å²) in [5, 5.41) is 19.3. The molecule has 3 atom stereocenters. The molecule has 1 saturated heterocycles. The first-order valence-corrected chi connectivity index (χ1v) is 11.4. The monoisotopic (exact) mass is 472 g/mol. The van der Waals surface area contributed by atoms with E-state index in [-0.39, 0.29) is 30.6 Å². The van der Waals surface area contributed by atoms with Gasteiger partial charge in [-0.2, -0.15) is 0 Å². The first-order valence-electron chi connectivity index (χ1n) is 11.4. The van der Waals surface area contributed by atoms with Crippen molar-refractivity contribution in [1.82, 2.24) is 9.80 Å². The maximum atomic E-state index is 14.6. The van der Waals surface area contributed by atoms with Crippen LogP contribution in [-0.4, -0.2) is 85.3 Å². The molecule has 1 aliphatic heterocycles. The molecule has 184 valence electrons. The third-order valence-electron chi connectivity index (χ3n) is 6.65. The average Bonchev–Trinajstić information content (AvgIpc) is 2.83. The van der Waals surface area contributed by atoms with Crippen molar-refractivity contribution in [3.05, 3.63) is 65.0 Å². The second-order valence-corrected chi connectivity index (χ2v) is 8.84. The van der Waals surface area contributed by atoms with Crippen LogP contribution in [0.3, 0.4) is 0 Å². The van der Waals surface area contributed by atoms with Crippen LogP contribution < -0.4 is 0 Å². The molecule has 2 aromatic carbocycles. The Kier molecular flexibility index (Phi) is 8.77. The summed E-state index contributed by atoms with van der Waals surface area (Å²) in [5.74, 6) is -2.69. The van der Waals surface area contributed by atoms with Crippen LogP contribution in [-0.2, 0) is 9.53 Å². The topological polar surface area (TPSA) is 90.3 Å². The zero-order valence-corrected chi connectivity index (χ0v) is 19.9. The number of ketones is 1. The second kappa shape index (κ2) is 11.6. The number of hydrogen-bond donors (Lipinski definition) is 2. The number of phenols is 1. The van der Waals surface area contributed by atoms with Gasteiger partial charge in [0.15, 0.2) is 5.78 Å². The van der Waals surface area contributed by atoms with Gasteiger partial charge in [0, 0.05) is 57.7 Å². The Morgan fingerprint density at radius 2 is 1.88 bits per heavy atom. The number of methoxy groups -OCH3 is 1. The molecule has 1 heterocycles. The number of ether oxygens (including phenoxy) is 1. The molecular formula is C26H33FN2O5. The van der Waals surface area contributed by atoms with E-state index in [1.165, 1.54) is 23.1 Å². The summed E-state index contributed by atoms with van der Waals surface area (Å²) in [7, 11) is 3.21. The highest BCUT2D eigenvalue weighted by Gasteiger charge is 2.46. The van der Waals surface area contributed by atoms with E-state index in [1.807, 2.05) is 4.90 Å². The van der Waals surface area contributed by atoms with Crippen LogP contribution >= 0.6 is 0 Å². The van der Waals surface area contributed by atoms with Crippen LogP contribution in [0, 0.1) is 24.6 Å². The van der Waals surface area contributed by atoms with Crippen molar-refractivity contribution in [3.8, 4) is 5.75 Å². The lowest BCUT2D eigenvalue weighted by Gasteiger charge is -2.44. The number of rotatable bonds is 9. The fraction of sp³-hybridized carbons (Fsp3) is 0.462. The SMILES string of the molecule is COCCN1C[C@H](C(=O)c2cccc(O)c2)[C@@H](c2cccc(F)c2C)[C@H](C(=O)N(C)CCO)C1. The van der Waals surface area contributed by atoms with Gasteiger partial charge in [-0.1, -0.05) is 24.3 Å². The van der Waals surface area contributed by atoms with Crippen LogP contribution in [0.25, 0.3) is 0 Å². The molecule has 0 radical (unpaired) electrons. The minimum absolute atomic E-state index is 0.0216. The summed E-state index contributed by atoms with van der Waals surface area (Å²) >= 11 is 0. The number of benzene rings is 2. The molecule has 7 nitrogen and oxygen atoms in total. The second-order valence-electron chi connectivity index (χ2n) is 8.84. The van der Waals surface area contributed by atoms with E-state index in [2.05, 4.69) is 0 Å². The zero-order chi connectivity index (χ0) is 24.8. The first-order chi connectivity index (χ1) is 16.3. The van der Waals surface area contributed by atoms with Crippen LogP contribution in [0.4, 0.5) is 4.39 Å². The number of aliphatic hydroxyl groups is 1. The molecule has 0 unspecified atom stereocenters. The van der Waals surface area contributed by atoms with Gasteiger partial charge in [0.25, 0.3) is 0 Å². The Morgan fingerprint density at radius 1 is 1.18 bits per heavy atom. The number of piperidine rings is 1. The quantitative estimate of drug-likeness (QED) is 0.545. The Morgan fingerprint density at radius 3 is 2.56 bits per heavy atom. The van der Waals surface area contributed by atoms with Gasteiger partial charge in [0.05, 0.1) is 19.1 Å². The lowest BCUT2D eigenvalue weighted by Crippen LogP contribution is -2.53. The lowest BCUT2D eigenvalue weighted by molar-refractivity contribution is -0.138. The van der Waals surface area contributed by atoms with E-state index >= 15 is 0 Å². The number of carbonyl (C=O) groups excluding carboxylic acids is 2. The lowest BCUT2D eigenvalue weighted by atomic mass is 9.69. The summed E-state index contributed by atoms with van der Waals surface area (Å²) in [6.07, 6.45) is 0. The molecule has 8 heteroatoms. The first kappa shape index (κ1) is 25.8. The maximum absolute atomic E-state index is 14.6. The maximum Gasteiger partial charge on any atom is 0.227 e. The highest BCUT2D eigenvalue weighted by molar-refractivity contribution is 5.99. The zero-order valence-electron chi connectivity index (χ0n) is 19.9. The smallest absolute Gasteiger partial charge is 0.227 e. The highest BCUT2D eigenvalue weighted by Crippen LogP contribution is 2.41. The Balaban J connectivity index is 2.12. The van der Waals surface area contributed by atoms with Gasteiger partial charge < -0.3 is 19.8 Å². The Hall–Kier alpha value is -2.81. The normalized spacial score (nSPS) is 20.8. The number of Topliss-reactive ketones (excluding diaryl/α,β-unsaturated/α-hetero) is 1. The summed E-state index contributed by atoms with van der Waals surface area (Å²) in [6.45, 7) is 3.35. The van der Waals surface area contributed by atoms with Crippen molar-refractivity contribution in [2.75, 3.05) is 53.6 Å². The molecule has 1 amide bonds. The van der Waals surface area contributed by atoms with E-state index in [0.717, 1.165) is 0 Å². The van der Waals surface area contributed by atoms with Crippen molar-refractivity contribution < 1.29 is 28.9 Å². The largest absolute Gasteiger partial charge is 0.508 e. The van der Waals surface area contributed by atoms with E-state index < -0.39 is 23.6 Å². The molecule has 3 rings (SSSR count). The summed E-state index contributed by atoms with van der Waals surface area (Å²) in [4.78, 5) is 30.8. The molecule has 0 spiro atoms. The molecule has 0 bridgehead atoms.